The predicted octanol–water partition coefficient (Wildman–Crippen LogP) is 1.67. The van der Waals surface area contributed by atoms with Gasteiger partial charge in [0.05, 0.1) is 16.5 Å². The van der Waals surface area contributed by atoms with Gasteiger partial charge in [0.1, 0.15) is 5.75 Å². The molecule has 1 fully saturated rings. The molecule has 156 valence electrons. The number of rotatable bonds is 6. The van der Waals surface area contributed by atoms with Crippen molar-refractivity contribution in [2.45, 2.75) is 11.8 Å². The van der Waals surface area contributed by atoms with Crippen molar-refractivity contribution in [1.82, 2.24) is 9.21 Å². The Morgan fingerprint density at radius 1 is 1.00 bits per heavy atom. The summed E-state index contributed by atoms with van der Waals surface area (Å²) in [5, 5.41) is 8.79. The van der Waals surface area contributed by atoms with Crippen LogP contribution in [-0.2, 0) is 14.8 Å². The molecule has 0 bridgehead atoms. The van der Waals surface area contributed by atoms with Gasteiger partial charge in [-0.15, -0.1) is 0 Å². The number of benzene rings is 2. The molecule has 1 aliphatic rings. The molecule has 0 aliphatic carbocycles. The van der Waals surface area contributed by atoms with Crippen LogP contribution in [0.2, 0.25) is 0 Å². The second-order valence-electron chi connectivity index (χ2n) is 6.79. The number of ketones is 1. The molecule has 1 saturated heterocycles. The Hall–Kier alpha value is -3.22. The fourth-order valence-corrected chi connectivity index (χ4v) is 4.47. The zero-order valence-corrected chi connectivity index (χ0v) is 17.3. The van der Waals surface area contributed by atoms with Gasteiger partial charge in [0.25, 0.3) is 5.91 Å². The predicted molar refractivity (Wildman–Crippen MR) is 108 cm³/mol. The smallest absolute Gasteiger partial charge is 0.260 e. The monoisotopic (exact) mass is 427 g/mol. The van der Waals surface area contributed by atoms with E-state index in [4.69, 9.17) is 10.00 Å². The zero-order chi connectivity index (χ0) is 21.7. The Kier molecular flexibility index (Phi) is 6.50. The van der Waals surface area contributed by atoms with Gasteiger partial charge in [-0.25, -0.2) is 8.42 Å². The third kappa shape index (κ3) is 4.84. The highest BCUT2D eigenvalue weighted by Crippen LogP contribution is 2.19. The largest absolute Gasteiger partial charge is 0.484 e. The van der Waals surface area contributed by atoms with E-state index in [2.05, 4.69) is 0 Å². The molecule has 0 spiro atoms. The van der Waals surface area contributed by atoms with Crippen LogP contribution in [0.5, 0.6) is 5.75 Å². The molecule has 1 amide bonds. The first-order valence-corrected chi connectivity index (χ1v) is 10.8. The van der Waals surface area contributed by atoms with Crippen molar-refractivity contribution in [3.63, 3.8) is 0 Å². The molecule has 30 heavy (non-hydrogen) atoms. The minimum absolute atomic E-state index is 0.122. The van der Waals surface area contributed by atoms with E-state index in [1.807, 2.05) is 6.07 Å². The number of piperazine rings is 1. The number of Topliss-reactive ketones (excluding diaryl/α,β-unsaturated/α-hetero) is 1. The lowest BCUT2D eigenvalue weighted by molar-refractivity contribution is -0.134. The van der Waals surface area contributed by atoms with Crippen LogP contribution in [0.4, 0.5) is 0 Å². The van der Waals surface area contributed by atoms with E-state index in [1.54, 1.807) is 29.2 Å². The summed E-state index contributed by atoms with van der Waals surface area (Å²) in [5.74, 6) is 0.120. The first-order valence-electron chi connectivity index (χ1n) is 9.33. The SMILES string of the molecule is CC(=O)c1ccc(S(=O)(=O)N2CCN(C(=O)COc3ccc(C#N)cc3)CC2)cc1. The second kappa shape index (κ2) is 9.07. The first-order chi connectivity index (χ1) is 14.3. The number of carbonyl (C=O) groups is 2. The number of ether oxygens (including phenoxy) is 1. The van der Waals surface area contributed by atoms with Gasteiger partial charge in [-0.1, -0.05) is 12.1 Å². The molecule has 0 N–H and O–H groups in total. The van der Waals surface area contributed by atoms with Gasteiger partial charge in [0.2, 0.25) is 10.0 Å². The normalized spacial score (nSPS) is 14.7. The lowest BCUT2D eigenvalue weighted by Gasteiger charge is -2.34. The van der Waals surface area contributed by atoms with E-state index in [-0.39, 0.29) is 49.4 Å². The molecule has 2 aromatic carbocycles. The van der Waals surface area contributed by atoms with Crippen molar-refractivity contribution < 1.29 is 22.7 Å². The summed E-state index contributed by atoms with van der Waals surface area (Å²) in [6, 6.07) is 14.3. The van der Waals surface area contributed by atoms with Crippen molar-refractivity contribution in [1.29, 1.82) is 5.26 Å². The summed E-state index contributed by atoms with van der Waals surface area (Å²) in [6.45, 7) is 2.15. The highest BCUT2D eigenvalue weighted by atomic mass is 32.2. The molecule has 8 nitrogen and oxygen atoms in total. The molecule has 0 aromatic heterocycles. The van der Waals surface area contributed by atoms with Crippen LogP contribution >= 0.6 is 0 Å². The summed E-state index contributed by atoms with van der Waals surface area (Å²) >= 11 is 0. The maximum atomic E-state index is 12.8. The van der Waals surface area contributed by atoms with Crippen molar-refractivity contribution in [3.05, 3.63) is 59.7 Å². The number of amides is 1. The molecule has 0 atom stereocenters. The van der Waals surface area contributed by atoms with Crippen molar-refractivity contribution >= 4 is 21.7 Å². The molecule has 1 heterocycles. The maximum absolute atomic E-state index is 12.8. The third-order valence-corrected chi connectivity index (χ3v) is 6.75. The number of sulfonamides is 1. The molecule has 1 aliphatic heterocycles. The van der Waals surface area contributed by atoms with Crippen molar-refractivity contribution in [3.8, 4) is 11.8 Å². The average molecular weight is 427 g/mol. The fraction of sp³-hybridized carbons (Fsp3) is 0.286. The van der Waals surface area contributed by atoms with E-state index in [0.717, 1.165) is 0 Å². The van der Waals surface area contributed by atoms with Gasteiger partial charge in [0, 0.05) is 31.7 Å². The van der Waals surface area contributed by atoms with Crippen LogP contribution in [0.1, 0.15) is 22.8 Å². The maximum Gasteiger partial charge on any atom is 0.260 e. The average Bonchev–Trinajstić information content (AvgIpc) is 2.78. The van der Waals surface area contributed by atoms with Crippen LogP contribution in [0.25, 0.3) is 0 Å². The Labute approximate surface area is 175 Å². The summed E-state index contributed by atoms with van der Waals surface area (Å²) in [6.07, 6.45) is 0. The summed E-state index contributed by atoms with van der Waals surface area (Å²) in [5.41, 5.74) is 0.952. The Bertz CT molecular complexity index is 1070. The van der Waals surface area contributed by atoms with Crippen LogP contribution in [0.15, 0.2) is 53.4 Å². The quantitative estimate of drug-likeness (QED) is 0.649. The number of hydrogen-bond acceptors (Lipinski definition) is 6. The summed E-state index contributed by atoms with van der Waals surface area (Å²) in [4.78, 5) is 25.4. The number of carbonyl (C=O) groups excluding carboxylic acids is 2. The molecule has 9 heteroatoms. The Morgan fingerprint density at radius 3 is 2.13 bits per heavy atom. The van der Waals surface area contributed by atoms with Crippen molar-refractivity contribution in [2.75, 3.05) is 32.8 Å². The van der Waals surface area contributed by atoms with E-state index >= 15 is 0 Å². The van der Waals surface area contributed by atoms with E-state index < -0.39 is 10.0 Å². The standard InChI is InChI=1S/C21H21N3O5S/c1-16(25)18-4-8-20(9-5-18)30(27,28)24-12-10-23(11-13-24)21(26)15-29-19-6-2-17(14-22)3-7-19/h2-9H,10-13,15H2,1H3. The molecule has 0 saturated carbocycles. The summed E-state index contributed by atoms with van der Waals surface area (Å²) in [7, 11) is -3.69. The fourth-order valence-electron chi connectivity index (χ4n) is 3.05. The number of hydrogen-bond donors (Lipinski definition) is 0. The van der Waals surface area contributed by atoms with E-state index in [9.17, 15) is 18.0 Å². The third-order valence-electron chi connectivity index (χ3n) is 4.84. The van der Waals surface area contributed by atoms with Gasteiger partial charge >= 0.3 is 0 Å². The lowest BCUT2D eigenvalue weighted by atomic mass is 10.2. The number of nitriles is 1. The zero-order valence-electron chi connectivity index (χ0n) is 16.4. The minimum Gasteiger partial charge on any atom is -0.484 e. The van der Waals surface area contributed by atoms with Crippen LogP contribution in [-0.4, -0.2) is 62.1 Å². The Balaban J connectivity index is 1.54. The second-order valence-corrected chi connectivity index (χ2v) is 8.73. The van der Waals surface area contributed by atoms with E-state index in [0.29, 0.717) is 16.9 Å². The molecule has 0 unspecified atom stereocenters. The van der Waals surface area contributed by atoms with Crippen LogP contribution in [0, 0.1) is 11.3 Å². The van der Waals surface area contributed by atoms with Crippen molar-refractivity contribution in [2.24, 2.45) is 0 Å². The van der Waals surface area contributed by atoms with Gasteiger partial charge in [0.15, 0.2) is 12.4 Å². The molecule has 3 rings (SSSR count). The van der Waals surface area contributed by atoms with Gasteiger partial charge in [-0.3, -0.25) is 9.59 Å². The molecular weight excluding hydrogens is 406 g/mol. The van der Waals surface area contributed by atoms with Gasteiger partial charge in [-0.05, 0) is 43.3 Å². The topological polar surface area (TPSA) is 108 Å². The highest BCUT2D eigenvalue weighted by Gasteiger charge is 2.30. The number of nitrogens with zero attached hydrogens (tertiary/aromatic N) is 3. The first kappa shape index (κ1) is 21.5. The Morgan fingerprint density at radius 2 is 1.60 bits per heavy atom. The molecular formula is C21H21N3O5S. The van der Waals surface area contributed by atoms with Gasteiger partial charge < -0.3 is 9.64 Å². The molecule has 2 aromatic rings. The van der Waals surface area contributed by atoms with E-state index in [1.165, 1.54) is 35.5 Å². The molecule has 0 radical (unpaired) electrons. The van der Waals surface area contributed by atoms with Crippen LogP contribution < -0.4 is 4.74 Å². The minimum atomic E-state index is -3.69. The van der Waals surface area contributed by atoms with Gasteiger partial charge in [-0.2, -0.15) is 9.57 Å². The van der Waals surface area contributed by atoms with Crippen LogP contribution in [0.3, 0.4) is 0 Å². The lowest BCUT2D eigenvalue weighted by Crippen LogP contribution is -2.51. The highest BCUT2D eigenvalue weighted by molar-refractivity contribution is 7.89. The summed E-state index contributed by atoms with van der Waals surface area (Å²) < 4.78 is 32.4.